The van der Waals surface area contributed by atoms with Gasteiger partial charge < -0.3 is 15.4 Å². The number of carbonyl (C=O) groups is 1. The Labute approximate surface area is 90.8 Å². The molecule has 1 amide bonds. The molecule has 0 radical (unpaired) electrons. The quantitative estimate of drug-likeness (QED) is 0.659. The van der Waals surface area contributed by atoms with Crippen molar-refractivity contribution in [1.82, 2.24) is 4.90 Å². The number of nitrogens with two attached hydrogens (primary N) is 1. The van der Waals surface area contributed by atoms with E-state index in [1.807, 2.05) is 20.8 Å². The molecular formula is C11H20N2O2. The number of nitrogens with zero attached hydrogens (tertiary/aromatic N) is 1. The highest BCUT2D eigenvalue weighted by Crippen LogP contribution is 2.47. The molecule has 2 fully saturated rings. The van der Waals surface area contributed by atoms with E-state index in [0.29, 0.717) is 12.5 Å². The SMILES string of the molecule is CC(C)(C)OC(=O)N1CCC2CC2(N)C1. The van der Waals surface area contributed by atoms with E-state index in [-0.39, 0.29) is 11.6 Å². The van der Waals surface area contributed by atoms with Crippen molar-refractivity contribution in [1.29, 1.82) is 0 Å². The van der Waals surface area contributed by atoms with Crippen molar-refractivity contribution in [3.05, 3.63) is 0 Å². The minimum absolute atomic E-state index is 0.102. The average molecular weight is 212 g/mol. The standard InChI is InChI=1S/C11H20N2O2/c1-10(2,3)15-9(14)13-5-4-8-6-11(8,12)7-13/h8H,4-7,12H2,1-3H3. The van der Waals surface area contributed by atoms with Crippen molar-refractivity contribution < 1.29 is 9.53 Å². The molecule has 15 heavy (non-hydrogen) atoms. The summed E-state index contributed by atoms with van der Waals surface area (Å²) in [5.74, 6) is 0.635. The molecule has 0 aromatic heterocycles. The lowest BCUT2D eigenvalue weighted by Crippen LogP contribution is -2.49. The van der Waals surface area contributed by atoms with Gasteiger partial charge in [0, 0.05) is 18.6 Å². The molecule has 2 aliphatic rings. The third kappa shape index (κ3) is 2.25. The summed E-state index contributed by atoms with van der Waals surface area (Å²) >= 11 is 0. The zero-order chi connectivity index (χ0) is 11.3. The Morgan fingerprint density at radius 2 is 2.20 bits per heavy atom. The van der Waals surface area contributed by atoms with Crippen LogP contribution in [0.3, 0.4) is 0 Å². The predicted molar refractivity (Wildman–Crippen MR) is 57.4 cm³/mol. The first-order chi connectivity index (χ1) is 6.80. The highest BCUT2D eigenvalue weighted by atomic mass is 16.6. The number of likely N-dealkylation sites (tertiary alicyclic amines) is 1. The fourth-order valence-corrected chi connectivity index (χ4v) is 2.21. The van der Waals surface area contributed by atoms with Gasteiger partial charge in [0.1, 0.15) is 5.60 Å². The molecular weight excluding hydrogens is 192 g/mol. The third-order valence-corrected chi connectivity index (χ3v) is 3.16. The van der Waals surface area contributed by atoms with Crippen molar-refractivity contribution >= 4 is 6.09 Å². The number of ether oxygens (including phenoxy) is 1. The maximum Gasteiger partial charge on any atom is 0.410 e. The Morgan fingerprint density at radius 3 is 2.73 bits per heavy atom. The van der Waals surface area contributed by atoms with Gasteiger partial charge in [0.15, 0.2) is 0 Å². The number of amides is 1. The summed E-state index contributed by atoms with van der Waals surface area (Å²) in [6.07, 6.45) is 1.86. The van der Waals surface area contributed by atoms with Crippen LogP contribution in [0, 0.1) is 5.92 Å². The summed E-state index contributed by atoms with van der Waals surface area (Å²) in [6.45, 7) is 7.10. The molecule has 1 saturated carbocycles. The molecule has 2 atom stereocenters. The molecule has 0 spiro atoms. The minimum atomic E-state index is -0.417. The molecule has 0 aromatic rings. The monoisotopic (exact) mass is 212 g/mol. The van der Waals surface area contributed by atoms with Crippen LogP contribution >= 0.6 is 0 Å². The largest absolute Gasteiger partial charge is 0.444 e. The Hall–Kier alpha value is -0.770. The molecule has 86 valence electrons. The van der Waals surface area contributed by atoms with E-state index in [0.717, 1.165) is 19.4 Å². The summed E-state index contributed by atoms with van der Waals surface area (Å²) in [6, 6.07) is 0. The van der Waals surface area contributed by atoms with E-state index < -0.39 is 5.60 Å². The lowest BCUT2D eigenvalue weighted by Gasteiger charge is -2.32. The number of hydrogen-bond acceptors (Lipinski definition) is 3. The molecule has 2 rings (SSSR count). The van der Waals surface area contributed by atoms with Crippen LogP contribution in [-0.2, 0) is 4.74 Å². The first-order valence-electron chi connectivity index (χ1n) is 5.57. The van der Waals surface area contributed by atoms with Gasteiger partial charge in [-0.15, -0.1) is 0 Å². The lowest BCUT2D eigenvalue weighted by molar-refractivity contribution is 0.0194. The second-order valence-corrected chi connectivity index (χ2v) is 5.82. The highest BCUT2D eigenvalue weighted by molar-refractivity contribution is 5.68. The topological polar surface area (TPSA) is 55.6 Å². The average Bonchev–Trinajstić information content (AvgIpc) is 2.71. The van der Waals surface area contributed by atoms with Gasteiger partial charge in [-0.05, 0) is 39.5 Å². The highest BCUT2D eigenvalue weighted by Gasteiger charge is 2.55. The summed E-state index contributed by atoms with van der Waals surface area (Å²) in [5, 5.41) is 0. The van der Waals surface area contributed by atoms with Crippen molar-refractivity contribution in [2.75, 3.05) is 13.1 Å². The molecule has 1 saturated heterocycles. The summed E-state index contributed by atoms with van der Waals surface area (Å²) in [5.41, 5.74) is 5.57. The van der Waals surface area contributed by atoms with Gasteiger partial charge in [-0.2, -0.15) is 0 Å². The maximum atomic E-state index is 11.8. The van der Waals surface area contributed by atoms with Crippen LogP contribution in [0.1, 0.15) is 33.6 Å². The fourth-order valence-electron chi connectivity index (χ4n) is 2.21. The van der Waals surface area contributed by atoms with Crippen LogP contribution in [0.25, 0.3) is 0 Å². The summed E-state index contributed by atoms with van der Waals surface area (Å²) in [7, 11) is 0. The van der Waals surface area contributed by atoms with Crippen LogP contribution in [0.4, 0.5) is 4.79 Å². The maximum absolute atomic E-state index is 11.8. The Morgan fingerprint density at radius 1 is 1.53 bits per heavy atom. The van der Waals surface area contributed by atoms with Gasteiger partial charge in [-0.25, -0.2) is 4.79 Å². The van der Waals surface area contributed by atoms with Crippen molar-refractivity contribution in [2.24, 2.45) is 11.7 Å². The summed E-state index contributed by atoms with van der Waals surface area (Å²) < 4.78 is 5.32. The van der Waals surface area contributed by atoms with Gasteiger partial charge in [-0.3, -0.25) is 0 Å². The van der Waals surface area contributed by atoms with Gasteiger partial charge in [0.2, 0.25) is 0 Å². The van der Waals surface area contributed by atoms with Gasteiger partial charge in [0.25, 0.3) is 0 Å². The van der Waals surface area contributed by atoms with E-state index in [1.54, 1.807) is 4.90 Å². The van der Waals surface area contributed by atoms with Crippen molar-refractivity contribution in [3.63, 3.8) is 0 Å². The van der Waals surface area contributed by atoms with E-state index in [2.05, 4.69) is 0 Å². The number of piperidine rings is 1. The van der Waals surface area contributed by atoms with Crippen molar-refractivity contribution in [3.8, 4) is 0 Å². The molecule has 4 heteroatoms. The van der Waals surface area contributed by atoms with Crippen LogP contribution in [-0.4, -0.2) is 35.2 Å². The smallest absolute Gasteiger partial charge is 0.410 e. The normalized spacial score (nSPS) is 34.7. The van der Waals surface area contributed by atoms with Crippen LogP contribution in [0.15, 0.2) is 0 Å². The third-order valence-electron chi connectivity index (χ3n) is 3.16. The molecule has 1 aliphatic carbocycles. The van der Waals surface area contributed by atoms with Crippen LogP contribution < -0.4 is 5.73 Å². The van der Waals surface area contributed by atoms with Crippen molar-refractivity contribution in [2.45, 2.75) is 44.8 Å². The van der Waals surface area contributed by atoms with E-state index in [9.17, 15) is 4.79 Å². The molecule has 4 nitrogen and oxygen atoms in total. The zero-order valence-corrected chi connectivity index (χ0v) is 9.75. The second-order valence-electron chi connectivity index (χ2n) is 5.82. The molecule has 2 N–H and O–H groups in total. The van der Waals surface area contributed by atoms with Crippen LogP contribution in [0.5, 0.6) is 0 Å². The molecule has 0 aromatic carbocycles. The van der Waals surface area contributed by atoms with E-state index >= 15 is 0 Å². The van der Waals surface area contributed by atoms with E-state index in [4.69, 9.17) is 10.5 Å². The first kappa shape index (κ1) is 10.7. The van der Waals surface area contributed by atoms with Gasteiger partial charge in [0.05, 0.1) is 0 Å². The van der Waals surface area contributed by atoms with Gasteiger partial charge >= 0.3 is 6.09 Å². The van der Waals surface area contributed by atoms with Crippen LogP contribution in [0.2, 0.25) is 0 Å². The first-order valence-corrected chi connectivity index (χ1v) is 5.57. The Bertz CT molecular complexity index is 285. The minimum Gasteiger partial charge on any atom is -0.444 e. The zero-order valence-electron chi connectivity index (χ0n) is 9.75. The van der Waals surface area contributed by atoms with Gasteiger partial charge in [-0.1, -0.05) is 0 Å². The second kappa shape index (κ2) is 3.11. The Kier molecular flexibility index (Phi) is 2.23. The number of carbonyl (C=O) groups excluding carboxylic acids is 1. The number of fused-ring (bicyclic) bond motifs is 1. The molecule has 0 bridgehead atoms. The molecule has 1 aliphatic heterocycles. The van der Waals surface area contributed by atoms with E-state index in [1.165, 1.54) is 0 Å². The Balaban J connectivity index is 1.91. The molecule has 1 heterocycles. The molecule has 2 unspecified atom stereocenters. The fraction of sp³-hybridized carbons (Fsp3) is 0.909. The predicted octanol–water partition coefficient (Wildman–Crippen LogP) is 1.34. The number of hydrogen-bond donors (Lipinski definition) is 1. The number of rotatable bonds is 0. The lowest BCUT2D eigenvalue weighted by atomic mass is 10.1. The summed E-state index contributed by atoms with van der Waals surface area (Å²) in [4.78, 5) is 13.5.